The molecule has 1 unspecified atom stereocenters. The van der Waals surface area contributed by atoms with Crippen molar-refractivity contribution in [1.29, 1.82) is 0 Å². The molecule has 0 saturated carbocycles. The van der Waals surface area contributed by atoms with Gasteiger partial charge in [0.15, 0.2) is 17.3 Å². The molecule has 0 radical (unpaired) electrons. The van der Waals surface area contributed by atoms with Gasteiger partial charge in [0.25, 0.3) is 0 Å². The van der Waals surface area contributed by atoms with Crippen LogP contribution in [0.2, 0.25) is 0 Å². The van der Waals surface area contributed by atoms with Crippen molar-refractivity contribution in [3.05, 3.63) is 35.0 Å². The Morgan fingerprint density at radius 3 is 2.57 bits per heavy atom. The third-order valence-electron chi connectivity index (χ3n) is 5.04. The molecule has 0 amide bonds. The molecule has 8 heteroatoms. The van der Waals surface area contributed by atoms with E-state index in [0.29, 0.717) is 29.8 Å². The molecule has 1 aliphatic rings. The molecule has 2 heterocycles. The van der Waals surface area contributed by atoms with E-state index < -0.39 is 0 Å². The first kappa shape index (κ1) is 20.1. The SMILES string of the molecule is COC(=O)CC1c2cc(OC)c(OC)cc2CCN1Cc1nc(C(C)C)no1. The van der Waals surface area contributed by atoms with Crippen LogP contribution in [0.15, 0.2) is 16.7 Å². The van der Waals surface area contributed by atoms with Crippen LogP contribution in [0.1, 0.15) is 55.1 Å². The number of fused-ring (bicyclic) bond motifs is 1. The maximum atomic E-state index is 12.1. The summed E-state index contributed by atoms with van der Waals surface area (Å²) < 4.78 is 21.2. The number of esters is 1. The fourth-order valence-electron chi connectivity index (χ4n) is 3.49. The van der Waals surface area contributed by atoms with Gasteiger partial charge in [-0.15, -0.1) is 0 Å². The van der Waals surface area contributed by atoms with Gasteiger partial charge in [-0.2, -0.15) is 4.98 Å². The smallest absolute Gasteiger partial charge is 0.307 e. The summed E-state index contributed by atoms with van der Waals surface area (Å²) in [5.74, 6) is 2.47. The summed E-state index contributed by atoms with van der Waals surface area (Å²) >= 11 is 0. The van der Waals surface area contributed by atoms with Gasteiger partial charge >= 0.3 is 5.97 Å². The van der Waals surface area contributed by atoms with Crippen molar-refractivity contribution >= 4 is 5.97 Å². The minimum absolute atomic E-state index is 0.176. The van der Waals surface area contributed by atoms with Crippen molar-refractivity contribution in [1.82, 2.24) is 15.0 Å². The van der Waals surface area contributed by atoms with E-state index in [4.69, 9.17) is 18.7 Å². The Balaban J connectivity index is 1.93. The molecule has 3 rings (SSSR count). The van der Waals surface area contributed by atoms with Crippen LogP contribution in [0, 0.1) is 0 Å². The minimum Gasteiger partial charge on any atom is -0.493 e. The van der Waals surface area contributed by atoms with Crippen LogP contribution in [-0.4, -0.2) is 48.9 Å². The van der Waals surface area contributed by atoms with Gasteiger partial charge in [0, 0.05) is 18.5 Å². The average molecular weight is 389 g/mol. The summed E-state index contributed by atoms with van der Waals surface area (Å²) in [4.78, 5) is 18.7. The van der Waals surface area contributed by atoms with Crippen LogP contribution in [0.4, 0.5) is 0 Å². The van der Waals surface area contributed by atoms with Gasteiger partial charge in [-0.05, 0) is 29.7 Å². The van der Waals surface area contributed by atoms with Crippen molar-refractivity contribution in [3.8, 4) is 11.5 Å². The van der Waals surface area contributed by atoms with E-state index in [9.17, 15) is 4.79 Å². The van der Waals surface area contributed by atoms with E-state index in [1.54, 1.807) is 14.2 Å². The number of methoxy groups -OCH3 is 3. The number of carbonyl (C=O) groups excluding carboxylic acids is 1. The quantitative estimate of drug-likeness (QED) is 0.668. The van der Waals surface area contributed by atoms with Gasteiger partial charge < -0.3 is 18.7 Å². The molecule has 0 saturated heterocycles. The maximum absolute atomic E-state index is 12.1. The summed E-state index contributed by atoms with van der Waals surface area (Å²) in [5.41, 5.74) is 2.16. The first-order valence-corrected chi connectivity index (χ1v) is 9.35. The number of benzene rings is 1. The zero-order valence-electron chi connectivity index (χ0n) is 17.0. The highest BCUT2D eigenvalue weighted by Gasteiger charge is 2.32. The molecular weight excluding hydrogens is 362 g/mol. The Morgan fingerprint density at radius 1 is 1.25 bits per heavy atom. The Kier molecular flexibility index (Phi) is 6.18. The highest BCUT2D eigenvalue weighted by Crippen LogP contribution is 2.40. The minimum atomic E-state index is -0.272. The number of rotatable bonds is 7. The lowest BCUT2D eigenvalue weighted by Crippen LogP contribution is -2.36. The Morgan fingerprint density at radius 2 is 1.96 bits per heavy atom. The van der Waals surface area contributed by atoms with E-state index in [0.717, 1.165) is 24.1 Å². The second-order valence-electron chi connectivity index (χ2n) is 7.12. The fraction of sp³-hybridized carbons (Fsp3) is 0.550. The predicted octanol–water partition coefficient (Wildman–Crippen LogP) is 2.87. The van der Waals surface area contributed by atoms with E-state index in [1.165, 1.54) is 7.11 Å². The largest absolute Gasteiger partial charge is 0.493 e. The monoisotopic (exact) mass is 389 g/mol. The van der Waals surface area contributed by atoms with Crippen molar-refractivity contribution < 1.29 is 23.5 Å². The normalized spacial score (nSPS) is 16.7. The van der Waals surface area contributed by atoms with Crippen molar-refractivity contribution in [2.24, 2.45) is 0 Å². The highest BCUT2D eigenvalue weighted by molar-refractivity contribution is 5.70. The molecule has 28 heavy (non-hydrogen) atoms. The topological polar surface area (TPSA) is 86.9 Å². The maximum Gasteiger partial charge on any atom is 0.307 e. The molecule has 1 aromatic heterocycles. The first-order valence-electron chi connectivity index (χ1n) is 9.35. The molecule has 0 fully saturated rings. The number of hydrogen-bond acceptors (Lipinski definition) is 8. The molecule has 0 spiro atoms. The van der Waals surface area contributed by atoms with Crippen LogP contribution >= 0.6 is 0 Å². The lowest BCUT2D eigenvalue weighted by molar-refractivity contribution is -0.142. The van der Waals surface area contributed by atoms with Crippen molar-refractivity contribution in [2.75, 3.05) is 27.9 Å². The van der Waals surface area contributed by atoms with Crippen molar-refractivity contribution in [2.45, 2.75) is 45.2 Å². The zero-order chi connectivity index (χ0) is 20.3. The summed E-state index contributed by atoms with van der Waals surface area (Å²) in [7, 11) is 4.62. The van der Waals surface area contributed by atoms with Crippen LogP contribution < -0.4 is 9.47 Å². The standard InChI is InChI=1S/C20H27N3O5/c1-12(2)20-21-18(28-22-20)11-23-7-6-13-8-16(25-3)17(26-4)9-14(13)15(23)10-19(24)27-5/h8-9,12,15H,6-7,10-11H2,1-5H3. The van der Waals surface area contributed by atoms with Crippen LogP contribution in [0.5, 0.6) is 11.5 Å². The summed E-state index contributed by atoms with van der Waals surface area (Å²) in [6, 6.07) is 3.76. The number of carbonyl (C=O) groups is 1. The molecule has 1 aromatic carbocycles. The van der Waals surface area contributed by atoms with Gasteiger partial charge in [-0.3, -0.25) is 9.69 Å². The fourth-order valence-corrected chi connectivity index (χ4v) is 3.49. The second-order valence-corrected chi connectivity index (χ2v) is 7.12. The molecule has 1 atom stereocenters. The molecule has 1 aliphatic heterocycles. The number of hydrogen-bond donors (Lipinski definition) is 0. The van der Waals surface area contributed by atoms with Gasteiger partial charge in [-0.1, -0.05) is 19.0 Å². The van der Waals surface area contributed by atoms with Gasteiger partial charge in [0.1, 0.15) is 0 Å². The third-order valence-corrected chi connectivity index (χ3v) is 5.04. The van der Waals surface area contributed by atoms with E-state index in [-0.39, 0.29) is 24.3 Å². The molecule has 152 valence electrons. The Bertz CT molecular complexity index is 833. The van der Waals surface area contributed by atoms with Crippen LogP contribution in [-0.2, 0) is 22.5 Å². The molecule has 0 aliphatic carbocycles. The summed E-state index contributed by atoms with van der Waals surface area (Å²) in [5, 5.41) is 4.04. The molecule has 2 aromatic rings. The molecule has 0 N–H and O–H groups in total. The van der Waals surface area contributed by atoms with Gasteiger partial charge in [-0.25, -0.2) is 0 Å². The summed E-state index contributed by atoms with van der Waals surface area (Å²) in [6.07, 6.45) is 1.04. The van der Waals surface area contributed by atoms with E-state index in [2.05, 4.69) is 15.0 Å². The molecule has 0 bridgehead atoms. The van der Waals surface area contributed by atoms with Crippen LogP contribution in [0.25, 0.3) is 0 Å². The Labute approximate surface area is 164 Å². The average Bonchev–Trinajstić information content (AvgIpc) is 3.17. The first-order chi connectivity index (χ1) is 13.5. The lowest BCUT2D eigenvalue weighted by atomic mass is 9.90. The molecule has 8 nitrogen and oxygen atoms in total. The predicted molar refractivity (Wildman–Crippen MR) is 101 cm³/mol. The van der Waals surface area contributed by atoms with Gasteiger partial charge in [0.05, 0.1) is 34.3 Å². The number of nitrogens with zero attached hydrogens (tertiary/aromatic N) is 3. The van der Waals surface area contributed by atoms with E-state index >= 15 is 0 Å². The number of aromatic nitrogens is 2. The van der Waals surface area contributed by atoms with Gasteiger partial charge in [0.2, 0.25) is 5.89 Å². The Hall–Kier alpha value is -2.61. The van der Waals surface area contributed by atoms with Crippen LogP contribution in [0.3, 0.4) is 0 Å². The second kappa shape index (κ2) is 8.60. The third kappa shape index (κ3) is 4.11. The van der Waals surface area contributed by atoms with E-state index in [1.807, 2.05) is 26.0 Å². The number of ether oxygens (including phenoxy) is 3. The highest BCUT2D eigenvalue weighted by atomic mass is 16.5. The zero-order valence-corrected chi connectivity index (χ0v) is 17.0. The summed E-state index contributed by atoms with van der Waals surface area (Å²) in [6.45, 7) is 5.26. The van der Waals surface area contributed by atoms with Crippen molar-refractivity contribution in [3.63, 3.8) is 0 Å². The lowest BCUT2D eigenvalue weighted by Gasteiger charge is -2.36. The molecular formula is C20H27N3O5.